The summed E-state index contributed by atoms with van der Waals surface area (Å²) < 4.78 is 33.7. The van der Waals surface area contributed by atoms with Gasteiger partial charge in [0.15, 0.2) is 6.10 Å². The van der Waals surface area contributed by atoms with Crippen molar-refractivity contribution in [1.29, 1.82) is 0 Å². The standard InChI is InChI=1S/C24H19ClF2N2O3/c1-14-24(31)29(12-15-5-2-3-6-18(15)25)13-16-11-17(9-10-21(16)32-14)28-23(30)22-19(26)7-4-8-20(22)27/h2-11,14H,12-13H2,1H3,(H,28,30). The number of carbonyl (C=O) groups is 2. The molecule has 2 amide bonds. The second-order valence-corrected chi connectivity index (χ2v) is 7.83. The first-order valence-corrected chi connectivity index (χ1v) is 10.3. The van der Waals surface area contributed by atoms with Gasteiger partial charge in [-0.2, -0.15) is 0 Å². The lowest BCUT2D eigenvalue weighted by Crippen LogP contribution is -2.37. The van der Waals surface area contributed by atoms with Gasteiger partial charge in [-0.05, 0) is 48.9 Å². The molecule has 32 heavy (non-hydrogen) atoms. The number of ether oxygens (including phenoxy) is 1. The summed E-state index contributed by atoms with van der Waals surface area (Å²) in [5, 5.41) is 3.05. The van der Waals surface area contributed by atoms with Crippen LogP contribution in [0.25, 0.3) is 0 Å². The van der Waals surface area contributed by atoms with Crippen molar-refractivity contribution >= 4 is 29.1 Å². The molecule has 0 aromatic heterocycles. The average Bonchev–Trinajstić information content (AvgIpc) is 2.86. The highest BCUT2D eigenvalue weighted by atomic mass is 35.5. The predicted octanol–water partition coefficient (Wildman–Crippen LogP) is 5.18. The number of nitrogens with zero attached hydrogens (tertiary/aromatic N) is 1. The summed E-state index contributed by atoms with van der Waals surface area (Å²) in [5.74, 6) is -2.54. The van der Waals surface area contributed by atoms with E-state index in [-0.39, 0.29) is 19.0 Å². The van der Waals surface area contributed by atoms with Crippen molar-refractivity contribution in [2.75, 3.05) is 5.32 Å². The monoisotopic (exact) mass is 456 g/mol. The lowest BCUT2D eigenvalue weighted by Gasteiger charge is -2.22. The summed E-state index contributed by atoms with van der Waals surface area (Å²) >= 11 is 6.26. The topological polar surface area (TPSA) is 58.6 Å². The van der Waals surface area contributed by atoms with Crippen LogP contribution in [-0.4, -0.2) is 22.8 Å². The third kappa shape index (κ3) is 4.43. The molecule has 0 saturated carbocycles. The molecule has 4 rings (SSSR count). The van der Waals surface area contributed by atoms with Crippen LogP contribution < -0.4 is 10.1 Å². The number of amides is 2. The molecule has 0 spiro atoms. The number of anilines is 1. The van der Waals surface area contributed by atoms with E-state index in [1.165, 1.54) is 6.07 Å². The average molecular weight is 457 g/mol. The fraction of sp³-hybridized carbons (Fsp3) is 0.167. The van der Waals surface area contributed by atoms with Gasteiger partial charge in [0.05, 0.1) is 0 Å². The Bertz CT molecular complexity index is 1180. The maximum atomic E-state index is 13.9. The van der Waals surface area contributed by atoms with Gasteiger partial charge >= 0.3 is 0 Å². The minimum absolute atomic E-state index is 0.208. The van der Waals surface area contributed by atoms with Gasteiger partial charge in [-0.25, -0.2) is 8.78 Å². The molecule has 1 unspecified atom stereocenters. The summed E-state index contributed by atoms with van der Waals surface area (Å²) in [6.07, 6.45) is -0.716. The lowest BCUT2D eigenvalue weighted by molar-refractivity contribution is -0.138. The zero-order valence-corrected chi connectivity index (χ0v) is 17.8. The molecule has 0 bridgehead atoms. The van der Waals surface area contributed by atoms with Crippen LogP contribution in [0, 0.1) is 11.6 Å². The highest BCUT2D eigenvalue weighted by Gasteiger charge is 2.28. The van der Waals surface area contributed by atoms with E-state index < -0.39 is 29.2 Å². The molecule has 1 N–H and O–H groups in total. The van der Waals surface area contributed by atoms with Gasteiger partial charge in [-0.3, -0.25) is 9.59 Å². The molecule has 164 valence electrons. The first kappa shape index (κ1) is 21.8. The smallest absolute Gasteiger partial charge is 0.263 e. The normalized spacial score (nSPS) is 15.6. The van der Waals surface area contributed by atoms with Gasteiger partial charge in [-0.1, -0.05) is 35.9 Å². The Kier molecular flexibility index (Phi) is 6.10. The maximum absolute atomic E-state index is 13.9. The lowest BCUT2D eigenvalue weighted by atomic mass is 10.1. The predicted molar refractivity (Wildman–Crippen MR) is 117 cm³/mol. The number of benzene rings is 3. The Morgan fingerprint density at radius 3 is 2.56 bits per heavy atom. The molecule has 0 saturated heterocycles. The molecule has 1 aliphatic rings. The van der Waals surface area contributed by atoms with Crippen LogP contribution in [0.1, 0.15) is 28.4 Å². The first-order chi connectivity index (χ1) is 15.3. The zero-order valence-electron chi connectivity index (χ0n) is 17.1. The van der Waals surface area contributed by atoms with E-state index in [1.807, 2.05) is 18.2 Å². The van der Waals surface area contributed by atoms with E-state index in [0.29, 0.717) is 22.0 Å². The fourth-order valence-corrected chi connectivity index (χ4v) is 3.75. The van der Waals surface area contributed by atoms with Crippen molar-refractivity contribution in [3.05, 3.63) is 94.0 Å². The number of halogens is 3. The fourth-order valence-electron chi connectivity index (χ4n) is 3.55. The van der Waals surface area contributed by atoms with Gasteiger partial charge < -0.3 is 15.0 Å². The number of nitrogens with one attached hydrogen (secondary N) is 1. The van der Waals surface area contributed by atoms with Gasteiger partial charge in [0.1, 0.15) is 22.9 Å². The van der Waals surface area contributed by atoms with Crippen molar-refractivity contribution in [2.45, 2.75) is 26.1 Å². The number of rotatable bonds is 4. The molecule has 1 heterocycles. The molecule has 0 fully saturated rings. The Morgan fingerprint density at radius 2 is 1.84 bits per heavy atom. The summed E-state index contributed by atoms with van der Waals surface area (Å²) in [7, 11) is 0. The van der Waals surface area contributed by atoms with Crippen molar-refractivity contribution in [2.24, 2.45) is 0 Å². The van der Waals surface area contributed by atoms with E-state index in [4.69, 9.17) is 16.3 Å². The third-order valence-electron chi connectivity index (χ3n) is 5.15. The van der Waals surface area contributed by atoms with Gasteiger partial charge in [-0.15, -0.1) is 0 Å². The van der Waals surface area contributed by atoms with Crippen molar-refractivity contribution in [3.8, 4) is 5.75 Å². The molecule has 1 atom stereocenters. The van der Waals surface area contributed by atoms with Crippen molar-refractivity contribution in [1.82, 2.24) is 4.90 Å². The molecule has 3 aromatic rings. The number of carbonyl (C=O) groups excluding carboxylic acids is 2. The number of fused-ring (bicyclic) bond motifs is 1. The van der Waals surface area contributed by atoms with Crippen LogP contribution in [0.15, 0.2) is 60.7 Å². The second kappa shape index (κ2) is 8.96. The van der Waals surface area contributed by atoms with Crippen molar-refractivity contribution in [3.63, 3.8) is 0 Å². The van der Waals surface area contributed by atoms with Crippen LogP contribution in [-0.2, 0) is 17.9 Å². The summed E-state index contributed by atoms with van der Waals surface area (Å²) in [6.45, 7) is 2.15. The molecule has 0 radical (unpaired) electrons. The molecular weight excluding hydrogens is 438 g/mol. The van der Waals surface area contributed by atoms with E-state index in [9.17, 15) is 18.4 Å². The SMILES string of the molecule is CC1Oc2ccc(NC(=O)c3c(F)cccc3F)cc2CN(Cc2ccccc2Cl)C1=O. The van der Waals surface area contributed by atoms with Gasteiger partial charge in [0.2, 0.25) is 0 Å². The Morgan fingerprint density at radius 1 is 1.12 bits per heavy atom. The second-order valence-electron chi connectivity index (χ2n) is 7.42. The minimum Gasteiger partial charge on any atom is -0.481 e. The highest BCUT2D eigenvalue weighted by Crippen LogP contribution is 2.30. The van der Waals surface area contributed by atoms with Gasteiger partial charge in [0, 0.05) is 29.4 Å². The Hall–Kier alpha value is -3.45. The van der Waals surface area contributed by atoms with E-state index in [0.717, 1.165) is 17.7 Å². The molecular formula is C24H19ClF2N2O3. The quantitative estimate of drug-likeness (QED) is 0.588. The van der Waals surface area contributed by atoms with E-state index >= 15 is 0 Å². The largest absolute Gasteiger partial charge is 0.481 e. The summed E-state index contributed by atoms with van der Waals surface area (Å²) in [6, 6.07) is 15.3. The van der Waals surface area contributed by atoms with Crippen LogP contribution in [0.2, 0.25) is 5.02 Å². The van der Waals surface area contributed by atoms with Crippen molar-refractivity contribution < 1.29 is 23.1 Å². The third-order valence-corrected chi connectivity index (χ3v) is 5.52. The van der Waals surface area contributed by atoms with Gasteiger partial charge in [0.25, 0.3) is 11.8 Å². The molecule has 1 aliphatic heterocycles. The highest BCUT2D eigenvalue weighted by molar-refractivity contribution is 6.31. The van der Waals surface area contributed by atoms with Crippen LogP contribution >= 0.6 is 11.6 Å². The summed E-state index contributed by atoms with van der Waals surface area (Å²) in [5.41, 5.74) is 1.08. The van der Waals surface area contributed by atoms with E-state index in [1.54, 1.807) is 36.1 Å². The molecule has 0 aliphatic carbocycles. The molecule has 8 heteroatoms. The molecule has 5 nitrogen and oxygen atoms in total. The first-order valence-electron chi connectivity index (χ1n) is 9.90. The Labute approximate surface area is 188 Å². The minimum atomic E-state index is -0.953. The molecule has 3 aromatic carbocycles. The zero-order chi connectivity index (χ0) is 22.8. The number of hydrogen-bond donors (Lipinski definition) is 1. The van der Waals surface area contributed by atoms with Crippen LogP contribution in [0.3, 0.4) is 0 Å². The van der Waals surface area contributed by atoms with Crippen LogP contribution in [0.5, 0.6) is 5.75 Å². The maximum Gasteiger partial charge on any atom is 0.263 e. The van der Waals surface area contributed by atoms with E-state index in [2.05, 4.69) is 5.32 Å². The Balaban J connectivity index is 1.60. The summed E-state index contributed by atoms with van der Waals surface area (Å²) in [4.78, 5) is 26.9. The van der Waals surface area contributed by atoms with Crippen LogP contribution in [0.4, 0.5) is 14.5 Å². The number of hydrogen-bond acceptors (Lipinski definition) is 3.